The van der Waals surface area contributed by atoms with Crippen molar-refractivity contribution >= 4 is 5.91 Å². The van der Waals surface area contributed by atoms with Gasteiger partial charge < -0.3 is 10.2 Å². The summed E-state index contributed by atoms with van der Waals surface area (Å²) in [6.07, 6.45) is 1.15. The van der Waals surface area contributed by atoms with Gasteiger partial charge in [-0.15, -0.1) is 0 Å². The molecule has 1 amide bonds. The second-order valence-electron chi connectivity index (χ2n) is 5.22. The number of likely N-dealkylation sites (tertiary alicyclic amines) is 1. The molecule has 1 rings (SSSR count). The van der Waals surface area contributed by atoms with E-state index in [1.165, 1.54) is 0 Å². The quantitative estimate of drug-likeness (QED) is 0.720. The number of nitrogens with one attached hydrogen (secondary N) is 1. The molecule has 1 N–H and O–H groups in total. The third kappa shape index (κ3) is 2.71. The van der Waals surface area contributed by atoms with E-state index in [1.807, 2.05) is 11.9 Å². The van der Waals surface area contributed by atoms with E-state index in [9.17, 15) is 4.79 Å². The predicted octanol–water partition coefficient (Wildman–Crippen LogP) is 1.10. The van der Waals surface area contributed by atoms with Crippen LogP contribution in [0, 0.1) is 11.3 Å². The van der Waals surface area contributed by atoms with Gasteiger partial charge >= 0.3 is 0 Å². The Balaban J connectivity index is 2.45. The fraction of sp³-hybridized carbons (Fsp3) is 0.909. The molecule has 1 unspecified atom stereocenters. The van der Waals surface area contributed by atoms with Gasteiger partial charge in [-0.1, -0.05) is 20.8 Å². The highest BCUT2D eigenvalue weighted by atomic mass is 16.2. The maximum absolute atomic E-state index is 11.6. The van der Waals surface area contributed by atoms with Gasteiger partial charge in [-0.25, -0.2) is 0 Å². The molecule has 0 saturated carbocycles. The Bertz CT molecular complexity index is 208. The molecule has 0 aromatic rings. The number of likely N-dealkylation sites (N-methyl/N-ethyl adjacent to an activating group) is 1. The average molecular weight is 198 g/mol. The lowest BCUT2D eigenvalue weighted by atomic mass is 9.80. The van der Waals surface area contributed by atoms with Crippen LogP contribution in [0.15, 0.2) is 0 Å². The number of hydrogen-bond acceptors (Lipinski definition) is 2. The highest BCUT2D eigenvalue weighted by Gasteiger charge is 2.33. The SMILES string of the molecule is CNCC(=O)N1CCC(C(C)(C)C)C1. The van der Waals surface area contributed by atoms with Crippen LogP contribution in [0.3, 0.4) is 0 Å². The summed E-state index contributed by atoms with van der Waals surface area (Å²) in [5.74, 6) is 0.891. The fourth-order valence-corrected chi connectivity index (χ4v) is 1.96. The Morgan fingerprint density at radius 1 is 1.50 bits per heavy atom. The third-order valence-electron chi connectivity index (χ3n) is 3.09. The molecule has 0 bridgehead atoms. The molecule has 1 aliphatic heterocycles. The molecule has 0 aliphatic carbocycles. The first-order valence-corrected chi connectivity index (χ1v) is 5.37. The zero-order chi connectivity index (χ0) is 10.8. The van der Waals surface area contributed by atoms with Gasteiger partial charge in [-0.3, -0.25) is 4.79 Å². The number of carbonyl (C=O) groups excluding carboxylic acids is 1. The zero-order valence-electron chi connectivity index (χ0n) is 9.76. The molecule has 1 fully saturated rings. The van der Waals surface area contributed by atoms with Crippen LogP contribution in [0.5, 0.6) is 0 Å². The summed E-state index contributed by atoms with van der Waals surface area (Å²) in [4.78, 5) is 13.6. The summed E-state index contributed by atoms with van der Waals surface area (Å²) in [5.41, 5.74) is 0.328. The summed E-state index contributed by atoms with van der Waals surface area (Å²) >= 11 is 0. The van der Waals surface area contributed by atoms with Gasteiger partial charge in [0.25, 0.3) is 0 Å². The van der Waals surface area contributed by atoms with Crippen LogP contribution in [0.2, 0.25) is 0 Å². The summed E-state index contributed by atoms with van der Waals surface area (Å²) in [6.45, 7) is 9.10. The molecular formula is C11H22N2O. The largest absolute Gasteiger partial charge is 0.341 e. The number of nitrogens with zero attached hydrogens (tertiary/aromatic N) is 1. The molecule has 1 heterocycles. The second-order valence-corrected chi connectivity index (χ2v) is 5.22. The minimum Gasteiger partial charge on any atom is -0.341 e. The topological polar surface area (TPSA) is 32.3 Å². The van der Waals surface area contributed by atoms with Gasteiger partial charge in [0.2, 0.25) is 5.91 Å². The second kappa shape index (κ2) is 4.30. The van der Waals surface area contributed by atoms with Gasteiger partial charge in [0, 0.05) is 13.1 Å². The normalized spacial score (nSPS) is 22.9. The lowest BCUT2D eigenvalue weighted by molar-refractivity contribution is -0.129. The molecule has 0 aromatic heterocycles. The van der Waals surface area contributed by atoms with Crippen molar-refractivity contribution in [1.82, 2.24) is 10.2 Å². The highest BCUT2D eigenvalue weighted by Crippen LogP contribution is 2.33. The van der Waals surface area contributed by atoms with E-state index in [0.29, 0.717) is 17.9 Å². The van der Waals surface area contributed by atoms with Crippen LogP contribution >= 0.6 is 0 Å². The average Bonchev–Trinajstić information content (AvgIpc) is 2.51. The van der Waals surface area contributed by atoms with Crippen molar-refractivity contribution in [3.63, 3.8) is 0 Å². The molecule has 3 nitrogen and oxygen atoms in total. The maximum Gasteiger partial charge on any atom is 0.236 e. The van der Waals surface area contributed by atoms with Crippen LogP contribution in [0.25, 0.3) is 0 Å². The number of amides is 1. The third-order valence-corrected chi connectivity index (χ3v) is 3.09. The smallest absolute Gasteiger partial charge is 0.236 e. The first kappa shape index (κ1) is 11.5. The molecule has 3 heteroatoms. The number of hydrogen-bond donors (Lipinski definition) is 1. The predicted molar refractivity (Wildman–Crippen MR) is 58.1 cm³/mol. The standard InChI is InChI=1S/C11H22N2O/c1-11(2,3)9-5-6-13(8-9)10(14)7-12-4/h9,12H,5-8H2,1-4H3. The molecule has 1 aliphatic rings. The Labute approximate surface area is 86.9 Å². The zero-order valence-corrected chi connectivity index (χ0v) is 9.76. The summed E-state index contributed by atoms with van der Waals surface area (Å²) in [7, 11) is 1.81. The number of carbonyl (C=O) groups is 1. The van der Waals surface area contributed by atoms with Crippen molar-refractivity contribution in [2.24, 2.45) is 11.3 Å². The molecule has 0 spiro atoms. The van der Waals surface area contributed by atoms with E-state index < -0.39 is 0 Å². The van der Waals surface area contributed by atoms with E-state index in [1.54, 1.807) is 0 Å². The van der Waals surface area contributed by atoms with Crippen LogP contribution in [-0.4, -0.2) is 37.5 Å². The fourth-order valence-electron chi connectivity index (χ4n) is 1.96. The molecule has 1 atom stereocenters. The van der Waals surface area contributed by atoms with E-state index >= 15 is 0 Å². The molecule has 1 saturated heterocycles. The van der Waals surface area contributed by atoms with Crippen LogP contribution < -0.4 is 5.32 Å². The Hall–Kier alpha value is -0.570. The summed E-state index contributed by atoms with van der Waals surface area (Å²) in [5, 5.41) is 2.91. The molecule has 0 aromatic carbocycles. The lowest BCUT2D eigenvalue weighted by Crippen LogP contribution is -2.36. The van der Waals surface area contributed by atoms with Crippen LogP contribution in [0.4, 0.5) is 0 Å². The first-order valence-electron chi connectivity index (χ1n) is 5.37. The van der Waals surface area contributed by atoms with Crippen LogP contribution in [-0.2, 0) is 4.79 Å². The molecule has 82 valence electrons. The Morgan fingerprint density at radius 3 is 2.57 bits per heavy atom. The van der Waals surface area contributed by atoms with E-state index in [4.69, 9.17) is 0 Å². The van der Waals surface area contributed by atoms with Crippen molar-refractivity contribution in [3.8, 4) is 0 Å². The van der Waals surface area contributed by atoms with Crippen molar-refractivity contribution in [1.29, 1.82) is 0 Å². The highest BCUT2D eigenvalue weighted by molar-refractivity contribution is 5.78. The Morgan fingerprint density at radius 2 is 2.14 bits per heavy atom. The Kier molecular flexibility index (Phi) is 3.53. The van der Waals surface area contributed by atoms with E-state index in [2.05, 4.69) is 26.1 Å². The van der Waals surface area contributed by atoms with Gasteiger partial charge in [0.05, 0.1) is 6.54 Å². The van der Waals surface area contributed by atoms with Gasteiger partial charge in [0.15, 0.2) is 0 Å². The van der Waals surface area contributed by atoms with Crippen molar-refractivity contribution in [2.75, 3.05) is 26.7 Å². The maximum atomic E-state index is 11.6. The van der Waals surface area contributed by atoms with Crippen molar-refractivity contribution in [2.45, 2.75) is 27.2 Å². The van der Waals surface area contributed by atoms with E-state index in [-0.39, 0.29) is 5.91 Å². The van der Waals surface area contributed by atoms with E-state index in [0.717, 1.165) is 19.5 Å². The van der Waals surface area contributed by atoms with Gasteiger partial charge in [-0.2, -0.15) is 0 Å². The minimum absolute atomic E-state index is 0.235. The molecular weight excluding hydrogens is 176 g/mol. The molecule has 14 heavy (non-hydrogen) atoms. The van der Waals surface area contributed by atoms with Crippen LogP contribution in [0.1, 0.15) is 27.2 Å². The van der Waals surface area contributed by atoms with Crippen molar-refractivity contribution < 1.29 is 4.79 Å². The first-order chi connectivity index (χ1) is 6.45. The monoisotopic (exact) mass is 198 g/mol. The van der Waals surface area contributed by atoms with Gasteiger partial charge in [-0.05, 0) is 24.8 Å². The minimum atomic E-state index is 0.235. The summed E-state index contributed by atoms with van der Waals surface area (Å²) < 4.78 is 0. The van der Waals surface area contributed by atoms with Crippen molar-refractivity contribution in [3.05, 3.63) is 0 Å². The summed E-state index contributed by atoms with van der Waals surface area (Å²) in [6, 6.07) is 0. The molecule has 0 radical (unpaired) electrons. The number of rotatable bonds is 2. The lowest BCUT2D eigenvalue weighted by Gasteiger charge is -2.26. The van der Waals surface area contributed by atoms with Gasteiger partial charge in [0.1, 0.15) is 0 Å².